The first-order valence-corrected chi connectivity index (χ1v) is 9.01. The molecule has 2 unspecified atom stereocenters. The van der Waals surface area contributed by atoms with E-state index in [2.05, 4.69) is 0 Å². The average molecular weight is 373 g/mol. The Morgan fingerprint density at radius 1 is 1.15 bits per heavy atom. The van der Waals surface area contributed by atoms with Crippen molar-refractivity contribution < 1.29 is 23.8 Å². The molecule has 1 N–H and O–H groups in total. The molecule has 5 nitrogen and oxygen atoms in total. The molecule has 1 aliphatic rings. The summed E-state index contributed by atoms with van der Waals surface area (Å²) in [6, 6.07) is 10.7. The molecule has 0 bridgehead atoms. The van der Waals surface area contributed by atoms with E-state index in [1.54, 1.807) is 13.2 Å². The van der Waals surface area contributed by atoms with Gasteiger partial charge < -0.3 is 14.6 Å². The van der Waals surface area contributed by atoms with Crippen molar-refractivity contribution in [1.29, 1.82) is 0 Å². The van der Waals surface area contributed by atoms with Gasteiger partial charge in [-0.3, -0.25) is 9.69 Å². The Morgan fingerprint density at radius 2 is 1.89 bits per heavy atom. The van der Waals surface area contributed by atoms with Gasteiger partial charge in [-0.05, 0) is 55.3 Å². The number of nitrogens with zero attached hydrogens (tertiary/aromatic N) is 1. The van der Waals surface area contributed by atoms with E-state index in [9.17, 15) is 14.3 Å². The molecule has 2 aromatic carbocycles. The number of methoxy groups -OCH3 is 2. The molecule has 6 heteroatoms. The number of likely N-dealkylation sites (tertiary alicyclic amines) is 1. The predicted molar refractivity (Wildman–Crippen MR) is 99.8 cm³/mol. The summed E-state index contributed by atoms with van der Waals surface area (Å²) in [6.45, 7) is 0.618. The number of piperidine rings is 1. The molecule has 27 heavy (non-hydrogen) atoms. The molecule has 144 valence electrons. The number of rotatable bonds is 6. The highest BCUT2D eigenvalue weighted by molar-refractivity contribution is 5.73. The molecule has 2 atom stereocenters. The van der Waals surface area contributed by atoms with Crippen molar-refractivity contribution >= 4 is 5.97 Å². The minimum Gasteiger partial charge on any atom is -0.497 e. The van der Waals surface area contributed by atoms with Gasteiger partial charge in [-0.25, -0.2) is 4.39 Å². The van der Waals surface area contributed by atoms with Crippen molar-refractivity contribution in [2.45, 2.75) is 31.3 Å². The smallest absolute Gasteiger partial charge is 0.320 e. The van der Waals surface area contributed by atoms with Crippen LogP contribution < -0.4 is 9.47 Å². The van der Waals surface area contributed by atoms with E-state index in [0.717, 1.165) is 18.4 Å². The fourth-order valence-electron chi connectivity index (χ4n) is 3.78. The summed E-state index contributed by atoms with van der Waals surface area (Å²) in [7, 11) is 3.12. The number of benzene rings is 2. The van der Waals surface area contributed by atoms with Gasteiger partial charge in [-0.15, -0.1) is 0 Å². The van der Waals surface area contributed by atoms with Crippen molar-refractivity contribution in [3.8, 4) is 11.5 Å². The molecule has 1 aliphatic heterocycles. The zero-order valence-electron chi connectivity index (χ0n) is 15.5. The van der Waals surface area contributed by atoms with Crippen LogP contribution in [-0.4, -0.2) is 42.8 Å². The minimum atomic E-state index is -0.858. The van der Waals surface area contributed by atoms with Crippen LogP contribution in [0, 0.1) is 5.82 Å². The topological polar surface area (TPSA) is 59.0 Å². The number of hydrogen-bond acceptors (Lipinski definition) is 4. The van der Waals surface area contributed by atoms with Gasteiger partial charge in [-0.1, -0.05) is 18.6 Å². The number of ether oxygens (including phenoxy) is 2. The summed E-state index contributed by atoms with van der Waals surface area (Å²) < 4.78 is 24.8. The molecular weight excluding hydrogens is 349 g/mol. The van der Waals surface area contributed by atoms with Crippen LogP contribution in [0.5, 0.6) is 11.5 Å². The summed E-state index contributed by atoms with van der Waals surface area (Å²) in [6.07, 6.45) is 2.33. The molecule has 0 spiro atoms. The minimum absolute atomic E-state index is 0.381. The van der Waals surface area contributed by atoms with Crippen LogP contribution in [0.25, 0.3) is 0 Å². The van der Waals surface area contributed by atoms with Gasteiger partial charge in [0.05, 0.1) is 20.3 Å². The zero-order chi connectivity index (χ0) is 19.4. The lowest BCUT2D eigenvalue weighted by Gasteiger charge is -2.40. The van der Waals surface area contributed by atoms with E-state index in [0.29, 0.717) is 30.0 Å². The van der Waals surface area contributed by atoms with Crippen molar-refractivity contribution in [1.82, 2.24) is 4.90 Å². The van der Waals surface area contributed by atoms with Gasteiger partial charge in [0.1, 0.15) is 23.4 Å². The molecule has 0 radical (unpaired) electrons. The lowest BCUT2D eigenvalue weighted by atomic mass is 9.91. The maximum atomic E-state index is 14.1. The third-order valence-corrected chi connectivity index (χ3v) is 5.08. The largest absolute Gasteiger partial charge is 0.497 e. The van der Waals surface area contributed by atoms with Crippen LogP contribution in [0.1, 0.15) is 36.4 Å². The lowest BCUT2D eigenvalue weighted by molar-refractivity contribution is -0.145. The summed E-state index contributed by atoms with van der Waals surface area (Å²) in [4.78, 5) is 13.8. The van der Waals surface area contributed by atoms with Crippen molar-refractivity contribution in [2.75, 3.05) is 20.8 Å². The fourth-order valence-corrected chi connectivity index (χ4v) is 3.78. The highest BCUT2D eigenvalue weighted by Gasteiger charge is 2.36. The van der Waals surface area contributed by atoms with E-state index in [-0.39, 0.29) is 5.82 Å². The SMILES string of the molecule is COc1ccc(C(c2cc(F)ccc2OC)N2CCCCC2C(=O)O)cc1. The van der Waals surface area contributed by atoms with E-state index < -0.39 is 18.1 Å². The monoisotopic (exact) mass is 373 g/mol. The van der Waals surface area contributed by atoms with Gasteiger partial charge in [-0.2, -0.15) is 0 Å². The lowest BCUT2D eigenvalue weighted by Crippen LogP contribution is -2.46. The van der Waals surface area contributed by atoms with Gasteiger partial charge in [0, 0.05) is 5.56 Å². The molecule has 1 fully saturated rings. The average Bonchev–Trinajstić information content (AvgIpc) is 2.69. The van der Waals surface area contributed by atoms with E-state index in [1.807, 2.05) is 29.2 Å². The Morgan fingerprint density at radius 3 is 2.52 bits per heavy atom. The summed E-state index contributed by atoms with van der Waals surface area (Å²) in [5, 5.41) is 9.75. The van der Waals surface area contributed by atoms with Gasteiger partial charge in [0.15, 0.2) is 0 Å². The number of carbonyl (C=O) groups is 1. The fraction of sp³-hybridized carbons (Fsp3) is 0.381. The Kier molecular flexibility index (Phi) is 5.96. The first-order chi connectivity index (χ1) is 13.0. The molecule has 0 saturated carbocycles. The van der Waals surface area contributed by atoms with Crippen molar-refractivity contribution in [3.05, 3.63) is 59.4 Å². The molecule has 1 heterocycles. The van der Waals surface area contributed by atoms with Gasteiger partial charge in [0.25, 0.3) is 0 Å². The van der Waals surface area contributed by atoms with Crippen LogP contribution >= 0.6 is 0 Å². The van der Waals surface area contributed by atoms with Crippen molar-refractivity contribution in [2.24, 2.45) is 0 Å². The quantitative estimate of drug-likeness (QED) is 0.833. The molecule has 0 aliphatic carbocycles. The third-order valence-electron chi connectivity index (χ3n) is 5.08. The van der Waals surface area contributed by atoms with Gasteiger partial charge >= 0.3 is 5.97 Å². The molecular formula is C21H24FNO4. The standard InChI is InChI=1S/C21H24FNO4/c1-26-16-9-6-14(7-10-16)20(17-13-15(22)8-11-19(17)27-2)23-12-4-3-5-18(23)21(24)25/h6-11,13,18,20H,3-5,12H2,1-2H3,(H,24,25). The molecule has 3 rings (SSSR count). The Bertz CT molecular complexity index is 793. The molecule has 0 aromatic heterocycles. The molecule has 0 amide bonds. The zero-order valence-corrected chi connectivity index (χ0v) is 15.5. The van der Waals surface area contributed by atoms with E-state index in [4.69, 9.17) is 9.47 Å². The van der Waals surface area contributed by atoms with E-state index >= 15 is 0 Å². The van der Waals surface area contributed by atoms with Crippen molar-refractivity contribution in [3.63, 3.8) is 0 Å². The van der Waals surface area contributed by atoms with Crippen LogP contribution in [0.3, 0.4) is 0 Å². The first kappa shape index (κ1) is 19.2. The van der Waals surface area contributed by atoms with Crippen LogP contribution in [0.15, 0.2) is 42.5 Å². The second-order valence-corrected chi connectivity index (χ2v) is 6.65. The van der Waals surface area contributed by atoms with Crippen LogP contribution in [0.4, 0.5) is 4.39 Å². The molecule has 2 aromatic rings. The molecule has 1 saturated heterocycles. The normalized spacial score (nSPS) is 18.7. The highest BCUT2D eigenvalue weighted by atomic mass is 19.1. The number of hydrogen-bond donors (Lipinski definition) is 1. The van der Waals surface area contributed by atoms with Crippen LogP contribution in [0.2, 0.25) is 0 Å². The number of carboxylic acids is 1. The Balaban J connectivity index is 2.13. The summed E-state index contributed by atoms with van der Waals surface area (Å²) in [5.74, 6) is 0.000781. The van der Waals surface area contributed by atoms with E-state index in [1.165, 1.54) is 19.2 Å². The van der Waals surface area contributed by atoms with Gasteiger partial charge in [0.2, 0.25) is 0 Å². The third kappa shape index (κ3) is 4.06. The predicted octanol–water partition coefficient (Wildman–Crippen LogP) is 3.87. The first-order valence-electron chi connectivity index (χ1n) is 9.01. The summed E-state index contributed by atoms with van der Waals surface area (Å²) in [5.41, 5.74) is 1.49. The highest BCUT2D eigenvalue weighted by Crippen LogP contribution is 2.39. The maximum Gasteiger partial charge on any atom is 0.320 e. The number of halogens is 1. The number of aliphatic carboxylic acids is 1. The second-order valence-electron chi connectivity index (χ2n) is 6.65. The van der Waals surface area contributed by atoms with Crippen LogP contribution in [-0.2, 0) is 4.79 Å². The number of carboxylic acid groups (broad SMARTS) is 1. The maximum absolute atomic E-state index is 14.1. The summed E-state index contributed by atoms with van der Waals surface area (Å²) >= 11 is 0. The second kappa shape index (κ2) is 8.39. The Labute approximate surface area is 158 Å². The Hall–Kier alpha value is -2.60.